The van der Waals surface area contributed by atoms with Gasteiger partial charge in [-0.05, 0) is 47.9 Å². The molecule has 0 atom stereocenters. The van der Waals surface area contributed by atoms with Crippen LogP contribution in [0, 0.1) is 5.82 Å². The quantitative estimate of drug-likeness (QED) is 0.531. The minimum atomic E-state index is -0.493. The third kappa shape index (κ3) is 4.06. The second kappa shape index (κ2) is 7.49. The predicted molar refractivity (Wildman–Crippen MR) is 97.6 cm³/mol. The molecule has 0 unspecified atom stereocenters. The molecule has 0 aliphatic heterocycles. The monoisotopic (exact) mass is 354 g/mol. The zero-order valence-electron chi connectivity index (χ0n) is 13.6. The lowest BCUT2D eigenvalue weighted by Gasteiger charge is -2.12. The van der Waals surface area contributed by atoms with Crippen LogP contribution in [0.4, 0.5) is 4.39 Å². The molecule has 0 aliphatic rings. The molecule has 0 bridgehead atoms. The number of hydrogen-bond donors (Lipinski definition) is 0. The SMILES string of the molecule is CC(=O)c1cc(-c2ccc(Cl)c(F)c2)ccc1OCc1ccccc1. The molecule has 2 nitrogen and oxygen atoms in total. The zero-order valence-corrected chi connectivity index (χ0v) is 14.4. The van der Waals surface area contributed by atoms with Crippen LogP contribution < -0.4 is 4.74 Å². The summed E-state index contributed by atoms with van der Waals surface area (Å²) in [4.78, 5) is 12.0. The molecule has 0 aliphatic carbocycles. The predicted octanol–water partition coefficient (Wildman–Crippen LogP) is 5.93. The maximum absolute atomic E-state index is 13.7. The summed E-state index contributed by atoms with van der Waals surface area (Å²) >= 11 is 5.73. The first-order valence-corrected chi connectivity index (χ1v) is 8.19. The number of carbonyl (C=O) groups is 1. The van der Waals surface area contributed by atoms with Crippen LogP contribution in [0.5, 0.6) is 5.75 Å². The molecule has 3 aromatic carbocycles. The Kier molecular flexibility index (Phi) is 5.15. The van der Waals surface area contributed by atoms with E-state index in [1.54, 1.807) is 24.3 Å². The van der Waals surface area contributed by atoms with Crippen LogP contribution in [0.2, 0.25) is 5.02 Å². The van der Waals surface area contributed by atoms with Gasteiger partial charge < -0.3 is 4.74 Å². The molecule has 25 heavy (non-hydrogen) atoms. The number of ketones is 1. The van der Waals surface area contributed by atoms with E-state index < -0.39 is 5.82 Å². The van der Waals surface area contributed by atoms with E-state index in [1.165, 1.54) is 19.1 Å². The number of ether oxygens (including phenoxy) is 1. The smallest absolute Gasteiger partial charge is 0.163 e. The molecule has 0 radical (unpaired) electrons. The first-order valence-electron chi connectivity index (χ1n) is 7.82. The fourth-order valence-electron chi connectivity index (χ4n) is 2.52. The minimum absolute atomic E-state index is 0.0679. The van der Waals surface area contributed by atoms with Gasteiger partial charge in [0.25, 0.3) is 0 Å². The van der Waals surface area contributed by atoms with Gasteiger partial charge in [-0.25, -0.2) is 4.39 Å². The van der Waals surface area contributed by atoms with E-state index in [9.17, 15) is 9.18 Å². The highest BCUT2D eigenvalue weighted by molar-refractivity contribution is 6.30. The van der Waals surface area contributed by atoms with Gasteiger partial charge in [0.2, 0.25) is 0 Å². The van der Waals surface area contributed by atoms with Crippen molar-refractivity contribution in [2.75, 3.05) is 0 Å². The average Bonchev–Trinajstić information content (AvgIpc) is 2.63. The molecule has 3 aromatic rings. The Morgan fingerprint density at radius 2 is 1.68 bits per heavy atom. The van der Waals surface area contributed by atoms with Crippen LogP contribution in [-0.2, 0) is 6.61 Å². The summed E-state index contributed by atoms with van der Waals surface area (Å²) in [5.41, 5.74) is 2.86. The van der Waals surface area contributed by atoms with Gasteiger partial charge in [-0.2, -0.15) is 0 Å². The molecule has 0 saturated heterocycles. The van der Waals surface area contributed by atoms with Gasteiger partial charge in [0.05, 0.1) is 10.6 Å². The summed E-state index contributed by atoms with van der Waals surface area (Å²) in [6.45, 7) is 1.85. The van der Waals surface area contributed by atoms with E-state index in [1.807, 2.05) is 30.3 Å². The van der Waals surface area contributed by atoms with Gasteiger partial charge in [0.1, 0.15) is 18.2 Å². The van der Waals surface area contributed by atoms with Gasteiger partial charge in [0, 0.05) is 0 Å². The topological polar surface area (TPSA) is 26.3 Å². The molecule has 4 heteroatoms. The van der Waals surface area contributed by atoms with Crippen LogP contribution >= 0.6 is 11.6 Å². The largest absolute Gasteiger partial charge is 0.488 e. The first kappa shape index (κ1) is 17.2. The van der Waals surface area contributed by atoms with Crippen LogP contribution in [-0.4, -0.2) is 5.78 Å². The van der Waals surface area contributed by atoms with Gasteiger partial charge in [-0.15, -0.1) is 0 Å². The summed E-state index contributed by atoms with van der Waals surface area (Å²) in [6, 6.07) is 19.5. The summed E-state index contributed by atoms with van der Waals surface area (Å²) in [7, 11) is 0. The Morgan fingerprint density at radius 3 is 2.36 bits per heavy atom. The lowest BCUT2D eigenvalue weighted by atomic mass is 10.0. The third-order valence-electron chi connectivity index (χ3n) is 3.85. The maximum Gasteiger partial charge on any atom is 0.163 e. The van der Waals surface area contributed by atoms with Crippen molar-refractivity contribution in [3.63, 3.8) is 0 Å². The minimum Gasteiger partial charge on any atom is -0.488 e. The van der Waals surface area contributed by atoms with Gasteiger partial charge >= 0.3 is 0 Å². The number of halogens is 2. The highest BCUT2D eigenvalue weighted by Gasteiger charge is 2.12. The van der Waals surface area contributed by atoms with Crippen molar-refractivity contribution in [3.8, 4) is 16.9 Å². The summed E-state index contributed by atoms with van der Waals surface area (Å²) < 4.78 is 19.5. The van der Waals surface area contributed by atoms with Crippen molar-refractivity contribution >= 4 is 17.4 Å². The van der Waals surface area contributed by atoms with E-state index >= 15 is 0 Å². The van der Waals surface area contributed by atoms with Crippen LogP contribution in [0.15, 0.2) is 66.7 Å². The second-order valence-corrected chi connectivity index (χ2v) is 6.08. The average molecular weight is 355 g/mol. The number of carbonyl (C=O) groups excluding carboxylic acids is 1. The molecule has 0 heterocycles. The van der Waals surface area contributed by atoms with Gasteiger partial charge in [0.15, 0.2) is 5.78 Å². The molecule has 0 spiro atoms. The lowest BCUT2D eigenvalue weighted by molar-refractivity contribution is 0.101. The molecule has 0 aromatic heterocycles. The number of hydrogen-bond acceptors (Lipinski definition) is 2. The molecule has 0 N–H and O–H groups in total. The van der Waals surface area contributed by atoms with Crippen LogP contribution in [0.3, 0.4) is 0 Å². The Morgan fingerprint density at radius 1 is 1.00 bits per heavy atom. The zero-order chi connectivity index (χ0) is 17.8. The van der Waals surface area contributed by atoms with Crippen molar-refractivity contribution < 1.29 is 13.9 Å². The first-order chi connectivity index (χ1) is 12.0. The number of benzene rings is 3. The van der Waals surface area contributed by atoms with Crippen LogP contribution in [0.1, 0.15) is 22.8 Å². The molecular weight excluding hydrogens is 339 g/mol. The van der Waals surface area contributed by atoms with E-state index in [0.29, 0.717) is 23.5 Å². The van der Waals surface area contributed by atoms with E-state index in [-0.39, 0.29) is 10.8 Å². The highest BCUT2D eigenvalue weighted by Crippen LogP contribution is 2.29. The molecule has 0 saturated carbocycles. The molecule has 126 valence electrons. The number of Topliss-reactive ketones (excluding diaryl/α,β-unsaturated/α-hetero) is 1. The Hall–Kier alpha value is -2.65. The van der Waals surface area contributed by atoms with Crippen LogP contribution in [0.25, 0.3) is 11.1 Å². The van der Waals surface area contributed by atoms with Crippen molar-refractivity contribution in [1.82, 2.24) is 0 Å². The third-order valence-corrected chi connectivity index (χ3v) is 4.16. The molecule has 0 fully saturated rings. The standard InChI is InChI=1S/C21H16ClFO2/c1-14(24)18-11-16(17-7-9-19(22)20(23)12-17)8-10-21(18)25-13-15-5-3-2-4-6-15/h2-12H,13H2,1H3. The Bertz CT molecular complexity index is 907. The summed E-state index contributed by atoms with van der Waals surface area (Å²) in [5.74, 6) is -0.0955. The number of rotatable bonds is 5. The second-order valence-electron chi connectivity index (χ2n) is 5.67. The van der Waals surface area contributed by atoms with E-state index in [2.05, 4.69) is 0 Å². The molecular formula is C21H16ClFO2. The summed E-state index contributed by atoms with van der Waals surface area (Å²) in [5, 5.41) is 0.0679. The van der Waals surface area contributed by atoms with Crippen molar-refractivity contribution in [1.29, 1.82) is 0 Å². The van der Waals surface area contributed by atoms with Crippen molar-refractivity contribution in [2.45, 2.75) is 13.5 Å². The van der Waals surface area contributed by atoms with Gasteiger partial charge in [-0.3, -0.25) is 4.79 Å². The summed E-state index contributed by atoms with van der Waals surface area (Å²) in [6.07, 6.45) is 0. The van der Waals surface area contributed by atoms with Crippen molar-refractivity contribution in [2.24, 2.45) is 0 Å². The maximum atomic E-state index is 13.7. The van der Waals surface area contributed by atoms with E-state index in [0.717, 1.165) is 11.1 Å². The molecule has 0 amide bonds. The molecule has 3 rings (SSSR count). The fraction of sp³-hybridized carbons (Fsp3) is 0.0952. The lowest BCUT2D eigenvalue weighted by Crippen LogP contribution is -2.02. The van der Waals surface area contributed by atoms with E-state index in [4.69, 9.17) is 16.3 Å². The Balaban J connectivity index is 1.90. The highest BCUT2D eigenvalue weighted by atomic mass is 35.5. The van der Waals surface area contributed by atoms with Crippen molar-refractivity contribution in [3.05, 3.63) is 88.7 Å². The van der Waals surface area contributed by atoms with Gasteiger partial charge in [-0.1, -0.05) is 54.1 Å². The Labute approximate surface area is 150 Å². The fourth-order valence-corrected chi connectivity index (χ4v) is 2.64. The normalized spacial score (nSPS) is 10.5.